The molecule has 4 rings (SSSR count). The van der Waals surface area contributed by atoms with Gasteiger partial charge in [0.05, 0.1) is 10.8 Å². The molecule has 0 radical (unpaired) electrons. The molecule has 0 saturated carbocycles. The number of rotatable bonds is 3. The molecule has 1 aliphatic rings. The quantitative estimate of drug-likeness (QED) is 0.585. The van der Waals surface area contributed by atoms with Crippen LogP contribution >= 0.6 is 11.6 Å². The molecule has 2 aromatic heterocycles. The number of anilines is 2. The number of nitrogens with one attached hydrogen (secondary N) is 1. The zero-order valence-electron chi connectivity index (χ0n) is 17.4. The first-order chi connectivity index (χ1) is 14.8. The second-order valence-electron chi connectivity index (χ2n) is 8.37. The van der Waals surface area contributed by atoms with E-state index in [4.69, 9.17) is 17.3 Å². The topological polar surface area (TPSA) is 110 Å². The lowest BCUT2D eigenvalue weighted by Crippen LogP contribution is -2.55. The van der Waals surface area contributed by atoms with Crippen LogP contribution in [0.15, 0.2) is 41.7 Å². The van der Waals surface area contributed by atoms with E-state index in [-0.39, 0.29) is 17.1 Å². The van der Waals surface area contributed by atoms with Crippen molar-refractivity contribution >= 4 is 49.7 Å². The van der Waals surface area contributed by atoms with Crippen LogP contribution in [0.25, 0.3) is 10.9 Å². The van der Waals surface area contributed by atoms with Crippen molar-refractivity contribution in [2.45, 2.75) is 31.1 Å². The number of pyridine rings is 2. The normalized spacial score (nSPS) is 21.9. The van der Waals surface area contributed by atoms with Crippen molar-refractivity contribution in [2.24, 2.45) is 10.7 Å². The van der Waals surface area contributed by atoms with Gasteiger partial charge in [-0.05, 0) is 39.0 Å². The monoisotopic (exact) mass is 479 g/mol. The zero-order valence-corrected chi connectivity index (χ0v) is 19.0. The standard InChI is InChI=1S/C21H20ClF2N5O2S/c1-20(2)19(25)29-21(3,10-32(20,30)31)14-7-13(8-15(23)16(14)24)28-18-17-11(4-5-26-18)6-12(22)9-27-17/h4-9H,10H2,1-3H3,(H2,25,29)(H,26,28). The fourth-order valence-electron chi connectivity index (χ4n) is 3.59. The van der Waals surface area contributed by atoms with E-state index in [1.54, 1.807) is 12.1 Å². The van der Waals surface area contributed by atoms with Gasteiger partial charge < -0.3 is 11.1 Å². The van der Waals surface area contributed by atoms with Crippen LogP contribution in [0.1, 0.15) is 26.3 Å². The molecule has 3 heterocycles. The third kappa shape index (κ3) is 3.57. The Kier molecular flexibility index (Phi) is 5.13. The Morgan fingerprint density at radius 1 is 1.16 bits per heavy atom. The highest BCUT2D eigenvalue weighted by Gasteiger charge is 2.49. The largest absolute Gasteiger partial charge is 0.386 e. The van der Waals surface area contributed by atoms with Crippen molar-refractivity contribution in [2.75, 3.05) is 11.1 Å². The second-order valence-corrected chi connectivity index (χ2v) is 11.3. The number of hydrogen-bond donors (Lipinski definition) is 2. The molecule has 0 bridgehead atoms. The molecule has 0 amide bonds. The average molecular weight is 480 g/mol. The van der Waals surface area contributed by atoms with E-state index in [1.807, 2.05) is 0 Å². The molecule has 1 unspecified atom stereocenters. The molecule has 1 aliphatic heterocycles. The van der Waals surface area contributed by atoms with Crippen molar-refractivity contribution < 1.29 is 17.2 Å². The highest BCUT2D eigenvalue weighted by molar-refractivity contribution is 7.93. The SMILES string of the molecule is CC1(c2cc(Nc3nccc4cc(Cl)cnc34)cc(F)c2F)CS(=O)(=O)C(C)(C)C(N)=N1. The zero-order chi connectivity index (χ0) is 23.5. The van der Waals surface area contributed by atoms with Crippen LogP contribution in [0.4, 0.5) is 20.3 Å². The van der Waals surface area contributed by atoms with Crippen LogP contribution < -0.4 is 11.1 Å². The molecule has 0 aliphatic carbocycles. The van der Waals surface area contributed by atoms with Gasteiger partial charge in [-0.15, -0.1) is 0 Å². The van der Waals surface area contributed by atoms with E-state index >= 15 is 0 Å². The summed E-state index contributed by atoms with van der Waals surface area (Å²) in [4.78, 5) is 12.7. The van der Waals surface area contributed by atoms with Crippen LogP contribution in [-0.2, 0) is 15.4 Å². The molecule has 0 fully saturated rings. The second kappa shape index (κ2) is 7.35. The lowest BCUT2D eigenvalue weighted by molar-refractivity contribution is 0.446. The van der Waals surface area contributed by atoms with Gasteiger partial charge in [0.25, 0.3) is 0 Å². The number of nitrogens with zero attached hydrogens (tertiary/aromatic N) is 3. The predicted octanol–water partition coefficient (Wildman–Crippen LogP) is 4.08. The smallest absolute Gasteiger partial charge is 0.165 e. The van der Waals surface area contributed by atoms with Gasteiger partial charge in [0, 0.05) is 35.1 Å². The molecule has 3 N–H and O–H groups in total. The van der Waals surface area contributed by atoms with Gasteiger partial charge in [0.2, 0.25) is 0 Å². The maximum Gasteiger partial charge on any atom is 0.165 e. The maximum atomic E-state index is 14.9. The maximum absolute atomic E-state index is 14.9. The van der Waals surface area contributed by atoms with Crippen molar-refractivity contribution in [3.8, 4) is 0 Å². The van der Waals surface area contributed by atoms with E-state index in [0.717, 1.165) is 6.07 Å². The summed E-state index contributed by atoms with van der Waals surface area (Å²) >= 11 is 5.98. The Hall–Kier alpha value is -2.85. The van der Waals surface area contributed by atoms with E-state index < -0.39 is 37.5 Å². The van der Waals surface area contributed by atoms with Gasteiger partial charge in [-0.1, -0.05) is 11.6 Å². The summed E-state index contributed by atoms with van der Waals surface area (Å²) < 4.78 is 53.7. The average Bonchev–Trinajstić information content (AvgIpc) is 2.68. The lowest BCUT2D eigenvalue weighted by Gasteiger charge is -2.38. The number of benzene rings is 1. The number of halogens is 3. The minimum Gasteiger partial charge on any atom is -0.386 e. The fraction of sp³-hybridized carbons (Fsp3) is 0.286. The summed E-state index contributed by atoms with van der Waals surface area (Å²) in [5.41, 5.74) is 4.70. The minimum atomic E-state index is -3.80. The minimum absolute atomic E-state index is 0.146. The van der Waals surface area contributed by atoms with E-state index in [9.17, 15) is 17.2 Å². The van der Waals surface area contributed by atoms with Crippen LogP contribution in [0, 0.1) is 11.6 Å². The first-order valence-electron chi connectivity index (χ1n) is 9.59. The van der Waals surface area contributed by atoms with Gasteiger partial charge in [-0.25, -0.2) is 22.2 Å². The Morgan fingerprint density at radius 2 is 1.88 bits per heavy atom. The van der Waals surface area contributed by atoms with Crippen molar-refractivity contribution in [3.05, 3.63) is 58.9 Å². The molecular formula is C21H20ClF2N5O2S. The van der Waals surface area contributed by atoms with Gasteiger partial charge in [-0.3, -0.25) is 9.98 Å². The Morgan fingerprint density at radius 3 is 2.56 bits per heavy atom. The summed E-state index contributed by atoms with van der Waals surface area (Å²) in [5.74, 6) is -2.76. The van der Waals surface area contributed by atoms with Gasteiger partial charge >= 0.3 is 0 Å². The third-order valence-corrected chi connectivity index (χ3v) is 8.58. The molecular weight excluding hydrogens is 460 g/mol. The summed E-state index contributed by atoms with van der Waals surface area (Å²) in [7, 11) is -3.80. The number of amidine groups is 1. The molecule has 7 nitrogen and oxygen atoms in total. The Bertz CT molecular complexity index is 1390. The third-order valence-electron chi connectivity index (χ3n) is 5.67. The molecule has 1 aromatic carbocycles. The molecule has 0 saturated heterocycles. The van der Waals surface area contributed by atoms with Gasteiger partial charge in [0.1, 0.15) is 21.6 Å². The van der Waals surface area contributed by atoms with E-state index in [1.165, 1.54) is 39.2 Å². The number of sulfone groups is 1. The highest BCUT2D eigenvalue weighted by Crippen LogP contribution is 2.39. The highest BCUT2D eigenvalue weighted by atomic mass is 35.5. The number of aliphatic imine (C=N–C) groups is 1. The van der Waals surface area contributed by atoms with Crippen LogP contribution in [0.2, 0.25) is 5.02 Å². The molecule has 3 aromatic rings. The van der Waals surface area contributed by atoms with Crippen LogP contribution in [0.5, 0.6) is 0 Å². The Labute approximate surface area is 188 Å². The number of aromatic nitrogens is 2. The molecule has 0 spiro atoms. The summed E-state index contributed by atoms with van der Waals surface area (Å²) in [6.45, 7) is 4.27. The summed E-state index contributed by atoms with van der Waals surface area (Å²) in [5, 5.41) is 4.06. The van der Waals surface area contributed by atoms with Crippen molar-refractivity contribution in [1.29, 1.82) is 0 Å². The fourth-order valence-corrected chi connectivity index (χ4v) is 5.45. The summed E-state index contributed by atoms with van der Waals surface area (Å²) in [6.07, 6.45) is 2.96. The van der Waals surface area contributed by atoms with E-state index in [2.05, 4.69) is 20.3 Å². The van der Waals surface area contributed by atoms with Gasteiger partial charge in [-0.2, -0.15) is 0 Å². The first kappa shape index (κ1) is 22.3. The molecule has 168 valence electrons. The number of hydrogen-bond acceptors (Lipinski definition) is 7. The predicted molar refractivity (Wildman–Crippen MR) is 121 cm³/mol. The summed E-state index contributed by atoms with van der Waals surface area (Å²) in [6, 6.07) is 5.66. The van der Waals surface area contributed by atoms with Gasteiger partial charge in [0.15, 0.2) is 27.3 Å². The number of fused-ring (bicyclic) bond motifs is 1. The Balaban J connectivity index is 1.83. The first-order valence-corrected chi connectivity index (χ1v) is 11.6. The lowest BCUT2D eigenvalue weighted by atomic mass is 9.92. The number of nitrogens with two attached hydrogens (primary N) is 1. The molecule has 32 heavy (non-hydrogen) atoms. The van der Waals surface area contributed by atoms with Crippen molar-refractivity contribution in [3.63, 3.8) is 0 Å². The molecule has 11 heteroatoms. The van der Waals surface area contributed by atoms with Crippen LogP contribution in [-0.4, -0.2) is 34.7 Å². The van der Waals surface area contributed by atoms with E-state index in [0.29, 0.717) is 21.7 Å². The van der Waals surface area contributed by atoms with Crippen molar-refractivity contribution in [1.82, 2.24) is 9.97 Å². The van der Waals surface area contributed by atoms with Crippen LogP contribution in [0.3, 0.4) is 0 Å². The molecule has 1 atom stereocenters.